The first kappa shape index (κ1) is 25.7. The van der Waals surface area contributed by atoms with Gasteiger partial charge in [-0.15, -0.1) is 0 Å². The summed E-state index contributed by atoms with van der Waals surface area (Å²) in [7, 11) is 1.60. The lowest BCUT2D eigenvalue weighted by Gasteiger charge is -2.22. The van der Waals surface area contributed by atoms with Crippen LogP contribution < -0.4 is 10.6 Å². The minimum absolute atomic E-state index is 0.178. The van der Waals surface area contributed by atoms with Gasteiger partial charge in [-0.25, -0.2) is 8.91 Å². The lowest BCUT2D eigenvalue weighted by atomic mass is 10.0. The molecular formula is C25H27FN8O3. The normalized spacial score (nSPS) is 12.3. The Bertz CT molecular complexity index is 1450. The number of nitrogens with zero attached hydrogens (tertiary/aromatic N) is 6. The highest BCUT2D eigenvalue weighted by molar-refractivity contribution is 6.00. The number of halogens is 1. The van der Waals surface area contributed by atoms with Crippen LogP contribution in [-0.4, -0.2) is 67.4 Å². The smallest absolute Gasteiger partial charge is 0.255 e. The van der Waals surface area contributed by atoms with Crippen LogP contribution in [0, 0.1) is 11.3 Å². The third-order valence-corrected chi connectivity index (χ3v) is 5.69. The molecule has 1 atom stereocenters. The SMILES string of the molecule is COCCn1cc(Nc2cc(-c3ccc4cc(C#N)cnn34)ncc2C(=O)NCC(F)C(C)(C)O)cn1. The Hall–Kier alpha value is -4.34. The van der Waals surface area contributed by atoms with Gasteiger partial charge < -0.3 is 20.5 Å². The van der Waals surface area contributed by atoms with E-state index in [1.165, 1.54) is 26.2 Å². The Morgan fingerprint density at radius 2 is 2.08 bits per heavy atom. The van der Waals surface area contributed by atoms with Gasteiger partial charge in [-0.2, -0.15) is 15.5 Å². The average molecular weight is 507 g/mol. The van der Waals surface area contributed by atoms with Gasteiger partial charge in [-0.1, -0.05) is 0 Å². The van der Waals surface area contributed by atoms with E-state index in [2.05, 4.69) is 31.9 Å². The van der Waals surface area contributed by atoms with E-state index in [9.17, 15) is 14.3 Å². The van der Waals surface area contributed by atoms with Gasteiger partial charge in [0.05, 0.1) is 77.1 Å². The maximum Gasteiger partial charge on any atom is 0.255 e. The Kier molecular flexibility index (Phi) is 7.47. The van der Waals surface area contributed by atoms with Gasteiger partial charge in [0.25, 0.3) is 5.91 Å². The fourth-order valence-electron chi connectivity index (χ4n) is 3.55. The van der Waals surface area contributed by atoms with E-state index in [-0.39, 0.29) is 12.1 Å². The molecule has 4 heterocycles. The number of carbonyl (C=O) groups excluding carboxylic acids is 1. The zero-order chi connectivity index (χ0) is 26.6. The molecule has 4 aromatic heterocycles. The predicted molar refractivity (Wildman–Crippen MR) is 134 cm³/mol. The van der Waals surface area contributed by atoms with Gasteiger partial charge in [0, 0.05) is 19.5 Å². The summed E-state index contributed by atoms with van der Waals surface area (Å²) in [6.07, 6.45) is 4.58. The third-order valence-electron chi connectivity index (χ3n) is 5.69. The number of amides is 1. The lowest BCUT2D eigenvalue weighted by molar-refractivity contribution is -0.00177. The standard InChI is InChI=1S/C25H27FN8O3/c1-25(2,36)23(26)14-29-24(35)19-13-28-21(22-5-4-18-8-16(10-27)11-31-34(18)22)9-20(19)32-17-12-30-33(15-17)6-7-37-3/h4-5,8-9,11-13,15,23,36H,6-7,14H2,1-3H3,(H,28,32)(H,29,35). The van der Waals surface area contributed by atoms with Crippen molar-refractivity contribution < 1.29 is 19.0 Å². The van der Waals surface area contributed by atoms with Crippen molar-refractivity contribution in [3.05, 3.63) is 60.2 Å². The molecule has 0 bridgehead atoms. The van der Waals surface area contributed by atoms with Crippen LogP contribution in [0.15, 0.2) is 49.1 Å². The summed E-state index contributed by atoms with van der Waals surface area (Å²) in [5.74, 6) is -0.558. The van der Waals surface area contributed by atoms with Crippen LogP contribution in [0.3, 0.4) is 0 Å². The molecule has 4 rings (SSSR count). The van der Waals surface area contributed by atoms with Gasteiger partial charge >= 0.3 is 0 Å². The van der Waals surface area contributed by atoms with E-state index in [1.54, 1.807) is 40.8 Å². The highest BCUT2D eigenvalue weighted by Gasteiger charge is 2.27. The molecule has 4 aromatic rings. The van der Waals surface area contributed by atoms with Gasteiger partial charge in [-0.05, 0) is 38.1 Å². The number of hydrogen-bond donors (Lipinski definition) is 3. The molecule has 0 spiro atoms. The summed E-state index contributed by atoms with van der Waals surface area (Å²) in [6.45, 7) is 3.34. The number of aliphatic hydroxyl groups is 1. The van der Waals surface area contributed by atoms with Crippen molar-refractivity contribution in [1.29, 1.82) is 5.26 Å². The van der Waals surface area contributed by atoms with Crippen molar-refractivity contribution in [3.8, 4) is 17.5 Å². The maximum atomic E-state index is 14.2. The van der Waals surface area contributed by atoms with Gasteiger partial charge in [0.15, 0.2) is 0 Å². The predicted octanol–water partition coefficient (Wildman–Crippen LogP) is 2.69. The average Bonchev–Trinajstić information content (AvgIpc) is 3.51. The van der Waals surface area contributed by atoms with Gasteiger partial charge in [0.2, 0.25) is 0 Å². The summed E-state index contributed by atoms with van der Waals surface area (Å²) in [5, 5.41) is 33.3. The number of carbonyl (C=O) groups is 1. The summed E-state index contributed by atoms with van der Waals surface area (Å²) in [4.78, 5) is 17.4. The van der Waals surface area contributed by atoms with Crippen molar-refractivity contribution >= 4 is 22.8 Å². The van der Waals surface area contributed by atoms with E-state index in [4.69, 9.17) is 10.00 Å². The second kappa shape index (κ2) is 10.7. The van der Waals surface area contributed by atoms with Crippen LogP contribution in [0.4, 0.5) is 15.8 Å². The molecule has 192 valence electrons. The van der Waals surface area contributed by atoms with E-state index < -0.39 is 17.7 Å². The minimum atomic E-state index is -1.66. The first-order chi connectivity index (χ1) is 17.7. The molecule has 3 N–H and O–H groups in total. The highest BCUT2D eigenvalue weighted by Crippen LogP contribution is 2.27. The lowest BCUT2D eigenvalue weighted by Crippen LogP contribution is -2.42. The fourth-order valence-corrected chi connectivity index (χ4v) is 3.55. The van der Waals surface area contributed by atoms with Crippen molar-refractivity contribution in [2.24, 2.45) is 0 Å². The van der Waals surface area contributed by atoms with E-state index in [1.807, 2.05) is 12.1 Å². The van der Waals surface area contributed by atoms with Crippen molar-refractivity contribution in [2.45, 2.75) is 32.2 Å². The molecule has 1 unspecified atom stereocenters. The van der Waals surface area contributed by atoms with Crippen LogP contribution in [0.1, 0.15) is 29.8 Å². The number of anilines is 2. The minimum Gasteiger partial charge on any atom is -0.387 e. The van der Waals surface area contributed by atoms with Gasteiger partial charge in [-0.3, -0.25) is 14.5 Å². The first-order valence-corrected chi connectivity index (χ1v) is 11.5. The Balaban J connectivity index is 1.68. The molecule has 0 aliphatic carbocycles. The molecule has 0 aliphatic heterocycles. The molecule has 11 nitrogen and oxygen atoms in total. The van der Waals surface area contributed by atoms with E-state index in [0.717, 1.165) is 0 Å². The van der Waals surface area contributed by atoms with E-state index >= 15 is 0 Å². The van der Waals surface area contributed by atoms with Crippen LogP contribution in [-0.2, 0) is 11.3 Å². The molecule has 0 fully saturated rings. The molecule has 0 aliphatic rings. The number of nitrogens with one attached hydrogen (secondary N) is 2. The summed E-state index contributed by atoms with van der Waals surface area (Å²) in [6, 6.07) is 9.09. The second-order valence-corrected chi connectivity index (χ2v) is 8.97. The van der Waals surface area contributed by atoms with Crippen LogP contribution in [0.5, 0.6) is 0 Å². The third kappa shape index (κ3) is 5.91. The topological polar surface area (TPSA) is 142 Å². The van der Waals surface area contributed by atoms with E-state index in [0.29, 0.717) is 47.0 Å². The number of methoxy groups -OCH3 is 1. The van der Waals surface area contributed by atoms with Gasteiger partial charge in [0.1, 0.15) is 12.2 Å². The summed E-state index contributed by atoms with van der Waals surface area (Å²) in [5.41, 5.74) is 1.93. The van der Waals surface area contributed by atoms with Crippen LogP contribution >= 0.6 is 0 Å². The zero-order valence-electron chi connectivity index (χ0n) is 20.6. The maximum absolute atomic E-state index is 14.2. The number of fused-ring (bicyclic) bond motifs is 1. The largest absolute Gasteiger partial charge is 0.387 e. The molecule has 0 radical (unpaired) electrons. The molecule has 0 aromatic carbocycles. The molecule has 0 saturated carbocycles. The zero-order valence-corrected chi connectivity index (χ0v) is 20.6. The second-order valence-electron chi connectivity index (χ2n) is 8.97. The van der Waals surface area contributed by atoms with Crippen molar-refractivity contribution in [3.63, 3.8) is 0 Å². The number of hydrogen-bond acceptors (Lipinski definition) is 8. The first-order valence-electron chi connectivity index (χ1n) is 11.5. The monoisotopic (exact) mass is 506 g/mol. The quantitative estimate of drug-likeness (QED) is 0.298. The molecular weight excluding hydrogens is 479 g/mol. The Labute approximate surface area is 212 Å². The number of aromatic nitrogens is 5. The number of rotatable bonds is 10. The molecule has 1 amide bonds. The molecule has 0 saturated heterocycles. The number of nitriles is 1. The Morgan fingerprint density at radius 1 is 1.27 bits per heavy atom. The van der Waals surface area contributed by atoms with Crippen LogP contribution in [0.25, 0.3) is 16.9 Å². The fraction of sp³-hybridized carbons (Fsp3) is 0.320. The van der Waals surface area contributed by atoms with Crippen molar-refractivity contribution in [2.75, 3.05) is 25.6 Å². The molecule has 37 heavy (non-hydrogen) atoms. The molecule has 12 heteroatoms. The van der Waals surface area contributed by atoms with Crippen molar-refractivity contribution in [1.82, 2.24) is 29.7 Å². The summed E-state index contributed by atoms with van der Waals surface area (Å²) >= 11 is 0. The van der Waals surface area contributed by atoms with Crippen LogP contribution in [0.2, 0.25) is 0 Å². The highest BCUT2D eigenvalue weighted by atomic mass is 19.1. The number of alkyl halides is 1. The summed E-state index contributed by atoms with van der Waals surface area (Å²) < 4.78 is 22.7. The Morgan fingerprint density at radius 3 is 2.81 bits per heavy atom. The number of pyridine rings is 1. The number of ether oxygens (including phenoxy) is 1.